The molecule has 174 valence electrons. The fraction of sp³-hybridized carbons (Fsp3) is 0.360. The van der Waals surface area contributed by atoms with E-state index in [1.165, 1.54) is 12.1 Å². The Balaban J connectivity index is 1.47. The molecule has 2 aromatic heterocycles. The number of halogens is 3. The number of carbonyl (C=O) groups excluding carboxylic acids is 1. The van der Waals surface area contributed by atoms with Crippen LogP contribution < -0.4 is 10.9 Å². The molecule has 0 unspecified atom stereocenters. The Morgan fingerprint density at radius 1 is 1.12 bits per heavy atom. The standard InChI is InChI=1S/C25H26F3N3O2/c1-15-13-31(14-17-7-9-20(10-8-17)25(26,27)28)16(2)22(15)24(33)29-12-19-11-18-5-3-4-6-21(18)30-23(19)32/h7-11,13H,3-6,12,14H2,1-2H3,(H,29,33)(H,30,32). The third-order valence-corrected chi connectivity index (χ3v) is 6.25. The zero-order chi connectivity index (χ0) is 23.8. The minimum Gasteiger partial charge on any atom is -0.348 e. The van der Waals surface area contributed by atoms with Crippen molar-refractivity contribution in [1.29, 1.82) is 0 Å². The van der Waals surface area contributed by atoms with E-state index in [0.717, 1.165) is 54.6 Å². The van der Waals surface area contributed by atoms with Crippen molar-refractivity contribution >= 4 is 5.91 Å². The molecule has 0 fully saturated rings. The van der Waals surface area contributed by atoms with Crippen LogP contribution in [0.15, 0.2) is 41.3 Å². The number of H-pyrrole nitrogens is 1. The molecular weight excluding hydrogens is 431 g/mol. The number of rotatable bonds is 5. The lowest BCUT2D eigenvalue weighted by molar-refractivity contribution is -0.137. The van der Waals surface area contributed by atoms with Crippen LogP contribution >= 0.6 is 0 Å². The second-order valence-corrected chi connectivity index (χ2v) is 8.61. The summed E-state index contributed by atoms with van der Waals surface area (Å²) >= 11 is 0. The number of amides is 1. The lowest BCUT2D eigenvalue weighted by Crippen LogP contribution is -2.28. The van der Waals surface area contributed by atoms with Crippen molar-refractivity contribution in [2.24, 2.45) is 0 Å². The normalized spacial score (nSPS) is 13.6. The molecule has 1 amide bonds. The Hall–Kier alpha value is -3.29. The second kappa shape index (κ2) is 8.92. The van der Waals surface area contributed by atoms with Crippen LogP contribution in [-0.4, -0.2) is 15.5 Å². The summed E-state index contributed by atoms with van der Waals surface area (Å²) in [6.07, 6.45) is 1.41. The first-order valence-corrected chi connectivity index (χ1v) is 11.0. The van der Waals surface area contributed by atoms with Crippen molar-refractivity contribution < 1.29 is 18.0 Å². The first-order valence-electron chi connectivity index (χ1n) is 11.0. The lowest BCUT2D eigenvalue weighted by Gasteiger charge is -2.16. The minimum absolute atomic E-state index is 0.129. The van der Waals surface area contributed by atoms with Gasteiger partial charge < -0.3 is 14.9 Å². The van der Waals surface area contributed by atoms with E-state index in [1.807, 2.05) is 23.8 Å². The lowest BCUT2D eigenvalue weighted by atomic mass is 9.95. The molecule has 0 bridgehead atoms. The molecular formula is C25H26F3N3O2. The average Bonchev–Trinajstić information content (AvgIpc) is 3.04. The predicted octanol–water partition coefficient (Wildman–Crippen LogP) is 4.67. The van der Waals surface area contributed by atoms with Crippen LogP contribution in [0.3, 0.4) is 0 Å². The van der Waals surface area contributed by atoms with E-state index < -0.39 is 11.7 Å². The van der Waals surface area contributed by atoms with Crippen molar-refractivity contribution in [3.05, 3.63) is 91.7 Å². The largest absolute Gasteiger partial charge is 0.416 e. The van der Waals surface area contributed by atoms with E-state index in [4.69, 9.17) is 0 Å². The summed E-state index contributed by atoms with van der Waals surface area (Å²) < 4.78 is 40.2. The van der Waals surface area contributed by atoms with Crippen molar-refractivity contribution in [2.45, 2.75) is 58.8 Å². The molecule has 0 spiro atoms. The molecule has 5 nitrogen and oxygen atoms in total. The number of hydrogen-bond acceptors (Lipinski definition) is 2. The number of aryl methyl sites for hydroxylation is 3. The Bertz CT molecular complexity index is 1240. The van der Waals surface area contributed by atoms with Crippen LogP contribution in [0.2, 0.25) is 0 Å². The number of nitrogens with one attached hydrogen (secondary N) is 2. The number of aromatic nitrogens is 2. The Morgan fingerprint density at radius 3 is 2.52 bits per heavy atom. The monoisotopic (exact) mass is 457 g/mol. The molecule has 0 saturated carbocycles. The summed E-state index contributed by atoms with van der Waals surface area (Å²) in [5.74, 6) is -0.284. The topological polar surface area (TPSA) is 66.9 Å². The van der Waals surface area contributed by atoms with Crippen LogP contribution in [-0.2, 0) is 32.1 Å². The maximum Gasteiger partial charge on any atom is 0.416 e. The predicted molar refractivity (Wildman–Crippen MR) is 119 cm³/mol. The van der Waals surface area contributed by atoms with Gasteiger partial charge in [0.05, 0.1) is 11.1 Å². The third kappa shape index (κ3) is 4.89. The summed E-state index contributed by atoms with van der Waals surface area (Å²) in [6, 6.07) is 6.90. The minimum atomic E-state index is -4.37. The highest BCUT2D eigenvalue weighted by Gasteiger charge is 2.30. The maximum absolute atomic E-state index is 12.9. The Morgan fingerprint density at radius 2 is 1.82 bits per heavy atom. The fourth-order valence-corrected chi connectivity index (χ4v) is 4.45. The molecule has 2 N–H and O–H groups in total. The summed E-state index contributed by atoms with van der Waals surface area (Å²) in [5.41, 5.74) is 4.48. The number of alkyl halides is 3. The maximum atomic E-state index is 12.9. The quantitative estimate of drug-likeness (QED) is 0.585. The second-order valence-electron chi connectivity index (χ2n) is 8.61. The molecule has 0 saturated heterocycles. The van der Waals surface area contributed by atoms with Gasteiger partial charge in [0.1, 0.15) is 0 Å². The van der Waals surface area contributed by atoms with Crippen molar-refractivity contribution in [3.63, 3.8) is 0 Å². The zero-order valence-electron chi connectivity index (χ0n) is 18.6. The van der Waals surface area contributed by atoms with E-state index in [0.29, 0.717) is 28.9 Å². The van der Waals surface area contributed by atoms with E-state index in [-0.39, 0.29) is 18.0 Å². The van der Waals surface area contributed by atoms with E-state index in [9.17, 15) is 22.8 Å². The molecule has 33 heavy (non-hydrogen) atoms. The van der Waals surface area contributed by atoms with Gasteiger partial charge in [-0.05, 0) is 74.4 Å². The van der Waals surface area contributed by atoms with Gasteiger partial charge in [-0.1, -0.05) is 12.1 Å². The summed E-state index contributed by atoms with van der Waals surface area (Å²) in [5, 5.41) is 2.85. The number of benzene rings is 1. The summed E-state index contributed by atoms with van der Waals surface area (Å²) in [7, 11) is 0. The highest BCUT2D eigenvalue weighted by atomic mass is 19.4. The Labute approximate surface area is 189 Å². The molecule has 8 heteroatoms. The van der Waals surface area contributed by atoms with E-state index in [1.54, 1.807) is 6.92 Å². The fourth-order valence-electron chi connectivity index (χ4n) is 4.45. The van der Waals surface area contributed by atoms with E-state index >= 15 is 0 Å². The van der Waals surface area contributed by atoms with Gasteiger partial charge in [-0.15, -0.1) is 0 Å². The average molecular weight is 457 g/mol. The number of carbonyl (C=O) groups is 1. The Kier molecular flexibility index (Phi) is 6.19. The highest BCUT2D eigenvalue weighted by Crippen LogP contribution is 2.29. The van der Waals surface area contributed by atoms with Gasteiger partial charge in [0.25, 0.3) is 11.5 Å². The molecule has 1 aliphatic rings. The molecule has 2 heterocycles. The number of hydrogen-bond donors (Lipinski definition) is 2. The molecule has 0 atom stereocenters. The van der Waals surface area contributed by atoms with Crippen molar-refractivity contribution in [2.75, 3.05) is 0 Å². The van der Waals surface area contributed by atoms with Gasteiger partial charge in [0, 0.05) is 36.2 Å². The number of nitrogens with zero attached hydrogens (tertiary/aromatic N) is 1. The van der Waals surface area contributed by atoms with Crippen LogP contribution in [0, 0.1) is 13.8 Å². The first kappa shape index (κ1) is 22.9. The van der Waals surface area contributed by atoms with Crippen LogP contribution in [0.4, 0.5) is 13.2 Å². The van der Waals surface area contributed by atoms with Crippen molar-refractivity contribution in [1.82, 2.24) is 14.9 Å². The number of aromatic amines is 1. The van der Waals surface area contributed by atoms with E-state index in [2.05, 4.69) is 10.3 Å². The highest BCUT2D eigenvalue weighted by molar-refractivity contribution is 5.96. The molecule has 3 aromatic rings. The van der Waals surface area contributed by atoms with Gasteiger partial charge in [-0.3, -0.25) is 9.59 Å². The molecule has 1 aromatic carbocycles. The first-order chi connectivity index (χ1) is 15.6. The van der Waals surface area contributed by atoms with Crippen LogP contribution in [0.1, 0.15) is 62.4 Å². The van der Waals surface area contributed by atoms with Gasteiger partial charge in [0.15, 0.2) is 0 Å². The summed E-state index contributed by atoms with van der Waals surface area (Å²) in [6.45, 7) is 4.10. The number of pyridine rings is 1. The zero-order valence-corrected chi connectivity index (χ0v) is 18.6. The van der Waals surface area contributed by atoms with Crippen molar-refractivity contribution in [3.8, 4) is 0 Å². The molecule has 0 aliphatic heterocycles. The van der Waals surface area contributed by atoms with Crippen LogP contribution in [0.25, 0.3) is 0 Å². The van der Waals surface area contributed by atoms with Gasteiger partial charge in [0.2, 0.25) is 0 Å². The van der Waals surface area contributed by atoms with Gasteiger partial charge >= 0.3 is 6.18 Å². The number of fused-ring (bicyclic) bond motifs is 1. The summed E-state index contributed by atoms with van der Waals surface area (Å²) in [4.78, 5) is 28.3. The molecule has 4 rings (SSSR count). The molecule has 1 aliphatic carbocycles. The third-order valence-electron chi connectivity index (χ3n) is 6.25. The van der Waals surface area contributed by atoms with Gasteiger partial charge in [-0.25, -0.2) is 0 Å². The molecule has 0 radical (unpaired) electrons. The SMILES string of the molecule is Cc1cn(Cc2ccc(C(F)(F)F)cc2)c(C)c1C(=O)NCc1cc2c([nH]c1=O)CCCC2. The smallest absolute Gasteiger partial charge is 0.348 e. The van der Waals surface area contributed by atoms with Crippen LogP contribution in [0.5, 0.6) is 0 Å². The van der Waals surface area contributed by atoms with Gasteiger partial charge in [-0.2, -0.15) is 13.2 Å².